The number of hydrogen-bond donors (Lipinski definition) is 1. The number of hydrogen-bond acceptors (Lipinski definition) is 6. The lowest BCUT2D eigenvalue weighted by Crippen LogP contribution is -2.29. The minimum atomic E-state index is -0.894. The molecule has 0 atom stereocenters. The maximum absolute atomic E-state index is 12.8. The molecule has 0 radical (unpaired) electrons. The predicted molar refractivity (Wildman–Crippen MR) is 138 cm³/mol. The average molecular weight is 550 g/mol. The standard InChI is InChI=1S/C24H24BrNO5S2/c1-3-30-19-12-17(11-18(25)22(19)31-14-16-7-4-6-15(2)10-16)13-20-23(29)26(24(32)33-20)9-5-8-21(27)28/h4,6-7,10-13H,3,5,8-9,14H2,1-2H3,(H,27,28)/b20-13+. The van der Waals surface area contributed by atoms with Gasteiger partial charge < -0.3 is 14.6 Å². The molecule has 1 aliphatic heterocycles. The van der Waals surface area contributed by atoms with Crippen molar-refractivity contribution in [3.63, 3.8) is 0 Å². The van der Waals surface area contributed by atoms with Gasteiger partial charge in [-0.15, -0.1) is 0 Å². The van der Waals surface area contributed by atoms with Crippen molar-refractivity contribution in [2.24, 2.45) is 0 Å². The van der Waals surface area contributed by atoms with E-state index in [1.165, 1.54) is 16.7 Å². The van der Waals surface area contributed by atoms with Crippen molar-refractivity contribution in [2.45, 2.75) is 33.3 Å². The van der Waals surface area contributed by atoms with Crippen LogP contribution in [0.2, 0.25) is 0 Å². The summed E-state index contributed by atoms with van der Waals surface area (Å²) in [6.07, 6.45) is 2.10. The second kappa shape index (κ2) is 11.7. The molecule has 1 fully saturated rings. The molecule has 1 aliphatic rings. The maximum Gasteiger partial charge on any atom is 0.303 e. The molecule has 0 unspecified atom stereocenters. The second-order valence-corrected chi connectivity index (χ2v) is 9.90. The monoisotopic (exact) mass is 549 g/mol. The topological polar surface area (TPSA) is 76.1 Å². The van der Waals surface area contributed by atoms with Gasteiger partial charge in [-0.2, -0.15) is 0 Å². The Bertz CT molecular complexity index is 1100. The van der Waals surface area contributed by atoms with Crippen molar-refractivity contribution in [3.05, 3.63) is 62.5 Å². The molecule has 2 aromatic carbocycles. The number of rotatable bonds is 10. The summed E-state index contributed by atoms with van der Waals surface area (Å²) in [6, 6.07) is 11.8. The summed E-state index contributed by atoms with van der Waals surface area (Å²) >= 11 is 10.1. The van der Waals surface area contributed by atoms with Crippen molar-refractivity contribution < 1.29 is 24.2 Å². The Morgan fingerprint density at radius 1 is 1.27 bits per heavy atom. The van der Waals surface area contributed by atoms with E-state index in [9.17, 15) is 9.59 Å². The minimum absolute atomic E-state index is 0.00914. The van der Waals surface area contributed by atoms with E-state index < -0.39 is 5.97 Å². The van der Waals surface area contributed by atoms with Gasteiger partial charge in [-0.3, -0.25) is 14.5 Å². The molecule has 0 spiro atoms. The summed E-state index contributed by atoms with van der Waals surface area (Å²) in [5, 5.41) is 8.82. The maximum atomic E-state index is 12.8. The molecule has 1 saturated heterocycles. The normalized spacial score (nSPS) is 14.8. The van der Waals surface area contributed by atoms with Crippen molar-refractivity contribution in [1.82, 2.24) is 4.90 Å². The highest BCUT2D eigenvalue weighted by Gasteiger charge is 2.31. The number of aliphatic carboxylic acids is 1. The van der Waals surface area contributed by atoms with Gasteiger partial charge in [0.25, 0.3) is 5.91 Å². The number of carbonyl (C=O) groups excluding carboxylic acids is 1. The molecule has 0 saturated carbocycles. The van der Waals surface area contributed by atoms with E-state index in [1.807, 2.05) is 44.2 Å². The van der Waals surface area contributed by atoms with Gasteiger partial charge in [0, 0.05) is 13.0 Å². The number of carbonyl (C=O) groups is 2. The zero-order valence-electron chi connectivity index (χ0n) is 18.3. The van der Waals surface area contributed by atoms with E-state index in [0.29, 0.717) is 44.8 Å². The summed E-state index contributed by atoms with van der Waals surface area (Å²) in [5.74, 6) is 0.0534. The van der Waals surface area contributed by atoms with Gasteiger partial charge in [-0.1, -0.05) is 53.8 Å². The Morgan fingerprint density at radius 3 is 2.76 bits per heavy atom. The van der Waals surface area contributed by atoms with E-state index in [4.69, 9.17) is 26.8 Å². The zero-order valence-corrected chi connectivity index (χ0v) is 21.5. The Morgan fingerprint density at radius 2 is 2.06 bits per heavy atom. The van der Waals surface area contributed by atoms with Gasteiger partial charge in [0.05, 0.1) is 16.0 Å². The van der Waals surface area contributed by atoms with Crippen molar-refractivity contribution >= 4 is 62.2 Å². The number of aryl methyl sites for hydroxylation is 1. The van der Waals surface area contributed by atoms with Gasteiger partial charge in [0.15, 0.2) is 11.5 Å². The van der Waals surface area contributed by atoms with Gasteiger partial charge >= 0.3 is 5.97 Å². The van der Waals surface area contributed by atoms with Crippen LogP contribution in [0.3, 0.4) is 0 Å². The first-order valence-electron chi connectivity index (χ1n) is 10.4. The van der Waals surface area contributed by atoms with Crippen LogP contribution in [0.5, 0.6) is 11.5 Å². The molecule has 33 heavy (non-hydrogen) atoms. The Hall–Kier alpha value is -2.36. The highest BCUT2D eigenvalue weighted by Crippen LogP contribution is 2.40. The lowest BCUT2D eigenvalue weighted by molar-refractivity contribution is -0.137. The van der Waals surface area contributed by atoms with Crippen molar-refractivity contribution in [2.75, 3.05) is 13.2 Å². The number of carboxylic acid groups (broad SMARTS) is 1. The molecule has 6 nitrogen and oxygen atoms in total. The molecule has 0 aliphatic carbocycles. The van der Waals surface area contributed by atoms with E-state index in [-0.39, 0.29) is 18.9 Å². The average Bonchev–Trinajstić information content (AvgIpc) is 3.00. The van der Waals surface area contributed by atoms with Gasteiger partial charge in [-0.25, -0.2) is 0 Å². The molecule has 2 aromatic rings. The lowest BCUT2D eigenvalue weighted by Gasteiger charge is -2.15. The number of benzene rings is 2. The van der Waals surface area contributed by atoms with Crippen LogP contribution < -0.4 is 9.47 Å². The van der Waals surface area contributed by atoms with Crippen LogP contribution in [0.4, 0.5) is 0 Å². The van der Waals surface area contributed by atoms with Gasteiger partial charge in [0.1, 0.15) is 10.9 Å². The number of thiocarbonyl (C=S) groups is 1. The Kier molecular flexibility index (Phi) is 8.94. The third-order valence-electron chi connectivity index (χ3n) is 4.74. The predicted octanol–water partition coefficient (Wildman–Crippen LogP) is 5.80. The van der Waals surface area contributed by atoms with E-state index in [0.717, 1.165) is 16.7 Å². The molecule has 1 amide bonds. The first-order valence-corrected chi connectivity index (χ1v) is 12.4. The molecule has 0 bridgehead atoms. The first kappa shape index (κ1) is 25.3. The fourth-order valence-electron chi connectivity index (χ4n) is 3.26. The largest absolute Gasteiger partial charge is 0.490 e. The summed E-state index contributed by atoms with van der Waals surface area (Å²) in [6.45, 7) is 5.08. The summed E-state index contributed by atoms with van der Waals surface area (Å²) in [4.78, 5) is 25.5. The number of carboxylic acids is 1. The third kappa shape index (κ3) is 6.82. The van der Waals surface area contributed by atoms with Crippen LogP contribution in [0, 0.1) is 6.92 Å². The van der Waals surface area contributed by atoms with Crippen molar-refractivity contribution in [1.29, 1.82) is 0 Å². The number of ether oxygens (including phenoxy) is 2. The summed E-state index contributed by atoms with van der Waals surface area (Å²) in [5.41, 5.74) is 2.98. The van der Waals surface area contributed by atoms with Crippen LogP contribution >= 0.6 is 39.9 Å². The van der Waals surface area contributed by atoms with Gasteiger partial charge in [0.2, 0.25) is 0 Å². The Labute approximate surface area is 211 Å². The molecule has 0 aromatic heterocycles. The number of thioether (sulfide) groups is 1. The molecule has 1 N–H and O–H groups in total. The molecular weight excluding hydrogens is 526 g/mol. The number of halogens is 1. The van der Waals surface area contributed by atoms with E-state index in [1.54, 1.807) is 6.08 Å². The van der Waals surface area contributed by atoms with Crippen LogP contribution in [-0.4, -0.2) is 39.4 Å². The fourth-order valence-corrected chi connectivity index (χ4v) is 5.15. The smallest absolute Gasteiger partial charge is 0.303 e. The second-order valence-electron chi connectivity index (χ2n) is 7.37. The van der Waals surface area contributed by atoms with Crippen LogP contribution in [0.25, 0.3) is 6.08 Å². The minimum Gasteiger partial charge on any atom is -0.490 e. The number of amides is 1. The van der Waals surface area contributed by atoms with Gasteiger partial charge in [-0.05, 0) is 65.5 Å². The summed E-state index contributed by atoms with van der Waals surface area (Å²) < 4.78 is 13.0. The quantitative estimate of drug-likeness (QED) is 0.296. The van der Waals surface area contributed by atoms with E-state index in [2.05, 4.69) is 22.0 Å². The number of nitrogens with zero attached hydrogens (tertiary/aromatic N) is 1. The Balaban J connectivity index is 1.79. The highest BCUT2D eigenvalue weighted by molar-refractivity contribution is 9.10. The molecule has 1 heterocycles. The zero-order chi connectivity index (χ0) is 24.0. The molecule has 9 heteroatoms. The fraction of sp³-hybridized carbons (Fsp3) is 0.292. The highest BCUT2D eigenvalue weighted by atomic mass is 79.9. The first-order chi connectivity index (χ1) is 15.8. The van der Waals surface area contributed by atoms with Crippen LogP contribution in [-0.2, 0) is 16.2 Å². The van der Waals surface area contributed by atoms with Crippen LogP contribution in [0.1, 0.15) is 36.5 Å². The summed E-state index contributed by atoms with van der Waals surface area (Å²) in [7, 11) is 0. The third-order valence-corrected chi connectivity index (χ3v) is 6.71. The SMILES string of the molecule is CCOc1cc(/C=C2/SC(=S)N(CCCC(=O)O)C2=O)cc(Br)c1OCc1cccc(C)c1. The molecule has 3 rings (SSSR count). The van der Waals surface area contributed by atoms with E-state index >= 15 is 0 Å². The lowest BCUT2D eigenvalue weighted by atomic mass is 10.1. The molecule has 174 valence electrons. The van der Waals surface area contributed by atoms with Crippen molar-refractivity contribution in [3.8, 4) is 11.5 Å². The van der Waals surface area contributed by atoms with Crippen LogP contribution in [0.15, 0.2) is 45.8 Å². The molecular formula is C24H24BrNO5S2.